The predicted octanol–water partition coefficient (Wildman–Crippen LogP) is -0.150. The van der Waals surface area contributed by atoms with Crippen molar-refractivity contribution >= 4 is 17.7 Å². The van der Waals surface area contributed by atoms with Gasteiger partial charge in [-0.1, -0.05) is 0 Å². The first kappa shape index (κ1) is 14.0. The van der Waals surface area contributed by atoms with Crippen molar-refractivity contribution in [3.8, 4) is 0 Å². The van der Waals surface area contributed by atoms with E-state index in [2.05, 4.69) is 8.92 Å². The standard InChI is InChI=1S/C5H13O7PS/c1-4-11-5(2,13(6,7)8)12-14(3,9)10/h4H2,1-3H3,(H2,6,7,8)/t5-/m1/s1. The Kier molecular flexibility index (Phi) is 4.26. The van der Waals surface area contributed by atoms with Crippen LogP contribution in [0.5, 0.6) is 0 Å². The van der Waals surface area contributed by atoms with Crippen LogP contribution < -0.4 is 0 Å². The van der Waals surface area contributed by atoms with Crippen molar-refractivity contribution in [2.75, 3.05) is 12.9 Å². The average Bonchev–Trinajstić information content (AvgIpc) is 1.79. The van der Waals surface area contributed by atoms with E-state index < -0.39 is 23.2 Å². The van der Waals surface area contributed by atoms with Crippen molar-refractivity contribution < 1.29 is 31.7 Å². The summed E-state index contributed by atoms with van der Waals surface area (Å²) in [4.78, 5) is 17.7. The van der Waals surface area contributed by atoms with Gasteiger partial charge in [0.15, 0.2) is 0 Å². The fraction of sp³-hybridized carbons (Fsp3) is 1.00. The van der Waals surface area contributed by atoms with Gasteiger partial charge in [-0.3, -0.25) is 4.57 Å². The van der Waals surface area contributed by atoms with Gasteiger partial charge in [0.2, 0.25) is 0 Å². The minimum absolute atomic E-state index is 0.0862. The van der Waals surface area contributed by atoms with Crippen LogP contribution in [-0.4, -0.2) is 36.6 Å². The maximum Gasteiger partial charge on any atom is 0.385 e. The molecule has 0 unspecified atom stereocenters. The molecule has 0 aromatic rings. The van der Waals surface area contributed by atoms with Gasteiger partial charge in [0.05, 0.1) is 6.26 Å². The van der Waals surface area contributed by atoms with Gasteiger partial charge in [-0.2, -0.15) is 8.42 Å². The van der Waals surface area contributed by atoms with Crippen molar-refractivity contribution in [1.29, 1.82) is 0 Å². The van der Waals surface area contributed by atoms with Crippen molar-refractivity contribution in [3.05, 3.63) is 0 Å². The topological polar surface area (TPSA) is 110 Å². The molecule has 7 nitrogen and oxygen atoms in total. The molecule has 0 bridgehead atoms. The molecule has 0 rings (SSSR count). The summed E-state index contributed by atoms with van der Waals surface area (Å²) >= 11 is 0. The fourth-order valence-electron chi connectivity index (χ4n) is 0.705. The Morgan fingerprint density at radius 1 is 1.43 bits per heavy atom. The second-order valence-corrected chi connectivity index (χ2v) is 6.14. The summed E-state index contributed by atoms with van der Waals surface area (Å²) in [5.74, 6) is 0. The Morgan fingerprint density at radius 2 is 1.86 bits per heavy atom. The van der Waals surface area contributed by atoms with E-state index in [1.54, 1.807) is 0 Å². The maximum atomic E-state index is 10.9. The average molecular weight is 248 g/mol. The second kappa shape index (κ2) is 4.26. The van der Waals surface area contributed by atoms with Crippen LogP contribution in [0, 0.1) is 0 Å². The molecule has 0 spiro atoms. The molecular formula is C5H13O7PS. The Labute approximate surface area is 82.3 Å². The lowest BCUT2D eigenvalue weighted by Crippen LogP contribution is -2.34. The van der Waals surface area contributed by atoms with Gasteiger partial charge < -0.3 is 14.5 Å². The van der Waals surface area contributed by atoms with Gasteiger partial charge in [0.25, 0.3) is 15.6 Å². The number of ether oxygens (including phenoxy) is 1. The van der Waals surface area contributed by atoms with E-state index in [0.29, 0.717) is 6.26 Å². The zero-order valence-electron chi connectivity index (χ0n) is 8.00. The third-order valence-electron chi connectivity index (χ3n) is 1.25. The largest absolute Gasteiger partial charge is 0.385 e. The molecule has 0 aliphatic carbocycles. The highest BCUT2D eigenvalue weighted by atomic mass is 32.2. The number of rotatable bonds is 5. The summed E-state index contributed by atoms with van der Waals surface area (Å²) in [5.41, 5.74) is -2.45. The zero-order valence-corrected chi connectivity index (χ0v) is 9.71. The van der Waals surface area contributed by atoms with Crippen LogP contribution in [0.3, 0.4) is 0 Å². The highest BCUT2D eigenvalue weighted by Crippen LogP contribution is 2.52. The molecule has 0 aliphatic heterocycles. The Hall–Kier alpha value is 0.0200. The zero-order chi connectivity index (χ0) is 11.6. The molecule has 0 radical (unpaired) electrons. The van der Waals surface area contributed by atoms with Gasteiger partial charge >= 0.3 is 7.60 Å². The molecular weight excluding hydrogens is 235 g/mol. The summed E-state index contributed by atoms with van der Waals surface area (Å²) in [6.45, 7) is 2.25. The first-order chi connectivity index (χ1) is 6.02. The molecule has 0 amide bonds. The molecule has 86 valence electrons. The fourth-order valence-corrected chi connectivity index (χ4v) is 2.41. The molecule has 1 atom stereocenters. The highest BCUT2D eigenvalue weighted by molar-refractivity contribution is 7.86. The summed E-state index contributed by atoms with van der Waals surface area (Å²) in [6.07, 6.45) is 0.680. The monoisotopic (exact) mass is 248 g/mol. The third kappa shape index (κ3) is 4.04. The normalized spacial score (nSPS) is 17.8. The highest BCUT2D eigenvalue weighted by Gasteiger charge is 2.48. The molecule has 0 aromatic heterocycles. The molecule has 0 heterocycles. The molecule has 0 saturated carbocycles. The van der Waals surface area contributed by atoms with Crippen LogP contribution >= 0.6 is 7.60 Å². The van der Waals surface area contributed by atoms with Crippen molar-refractivity contribution in [2.45, 2.75) is 19.4 Å². The minimum Gasteiger partial charge on any atom is -0.340 e. The summed E-state index contributed by atoms with van der Waals surface area (Å²) < 4.78 is 41.2. The molecule has 0 fully saturated rings. The summed E-state index contributed by atoms with van der Waals surface area (Å²) in [5, 5.41) is 0. The Bertz CT molecular complexity index is 330. The first-order valence-corrected chi connectivity index (χ1v) is 7.05. The molecule has 0 aromatic carbocycles. The van der Waals surface area contributed by atoms with E-state index in [1.165, 1.54) is 6.92 Å². The van der Waals surface area contributed by atoms with E-state index >= 15 is 0 Å². The van der Waals surface area contributed by atoms with Gasteiger partial charge in [0, 0.05) is 13.5 Å². The lowest BCUT2D eigenvalue weighted by molar-refractivity contribution is -0.112. The quantitative estimate of drug-likeness (QED) is 0.395. The van der Waals surface area contributed by atoms with Gasteiger partial charge in [-0.25, -0.2) is 4.18 Å². The Morgan fingerprint density at radius 3 is 2.07 bits per heavy atom. The van der Waals surface area contributed by atoms with E-state index in [-0.39, 0.29) is 6.61 Å². The van der Waals surface area contributed by atoms with E-state index in [4.69, 9.17) is 9.79 Å². The molecule has 0 aliphatic rings. The number of hydrogen-bond donors (Lipinski definition) is 2. The van der Waals surface area contributed by atoms with E-state index in [1.807, 2.05) is 0 Å². The predicted molar refractivity (Wildman–Crippen MR) is 48.0 cm³/mol. The molecule has 2 N–H and O–H groups in total. The first-order valence-electron chi connectivity index (χ1n) is 3.62. The summed E-state index contributed by atoms with van der Waals surface area (Å²) in [7, 11) is -8.83. The van der Waals surface area contributed by atoms with Crippen LogP contribution in [0.4, 0.5) is 0 Å². The van der Waals surface area contributed by atoms with Crippen molar-refractivity contribution in [3.63, 3.8) is 0 Å². The van der Waals surface area contributed by atoms with Gasteiger partial charge in [-0.15, -0.1) is 0 Å². The van der Waals surface area contributed by atoms with Crippen LogP contribution in [0.2, 0.25) is 0 Å². The summed E-state index contributed by atoms with van der Waals surface area (Å²) in [6, 6.07) is 0. The third-order valence-corrected chi connectivity index (χ3v) is 3.27. The molecule has 9 heteroatoms. The van der Waals surface area contributed by atoms with Crippen LogP contribution in [0.15, 0.2) is 0 Å². The smallest absolute Gasteiger partial charge is 0.340 e. The van der Waals surface area contributed by atoms with Gasteiger partial charge in [0.1, 0.15) is 0 Å². The van der Waals surface area contributed by atoms with Gasteiger partial charge in [-0.05, 0) is 6.92 Å². The SMILES string of the molecule is CCO[C@](C)(OS(C)(=O)=O)P(=O)(O)O. The maximum absolute atomic E-state index is 10.9. The minimum atomic E-state index is -4.82. The molecule has 14 heavy (non-hydrogen) atoms. The van der Waals surface area contributed by atoms with Crippen LogP contribution in [-0.2, 0) is 23.6 Å². The number of hydrogen-bond acceptors (Lipinski definition) is 5. The second-order valence-electron chi connectivity index (χ2n) is 2.66. The van der Waals surface area contributed by atoms with E-state index in [0.717, 1.165) is 6.92 Å². The van der Waals surface area contributed by atoms with Crippen molar-refractivity contribution in [1.82, 2.24) is 0 Å². The Balaban J connectivity index is 5.03. The van der Waals surface area contributed by atoms with Crippen LogP contribution in [0.1, 0.15) is 13.8 Å². The van der Waals surface area contributed by atoms with Crippen LogP contribution in [0.25, 0.3) is 0 Å². The lowest BCUT2D eigenvalue weighted by atomic mass is 10.7. The van der Waals surface area contributed by atoms with E-state index in [9.17, 15) is 13.0 Å². The lowest BCUT2D eigenvalue weighted by Gasteiger charge is -2.28. The van der Waals surface area contributed by atoms with Crippen molar-refractivity contribution in [2.24, 2.45) is 0 Å². The molecule has 0 saturated heterocycles.